The van der Waals surface area contributed by atoms with Crippen molar-refractivity contribution in [3.8, 4) is 0 Å². The van der Waals surface area contributed by atoms with Crippen molar-refractivity contribution in [2.45, 2.75) is 56.4 Å². The van der Waals surface area contributed by atoms with Gasteiger partial charge in [-0.3, -0.25) is 4.79 Å². The van der Waals surface area contributed by atoms with Crippen molar-refractivity contribution < 1.29 is 17.6 Å². The number of nitrogens with one attached hydrogen (secondary N) is 2. The average Bonchev–Trinajstić information content (AvgIpc) is 2.96. The van der Waals surface area contributed by atoms with E-state index in [-0.39, 0.29) is 22.7 Å². The lowest BCUT2D eigenvalue weighted by Crippen LogP contribution is -2.47. The fourth-order valence-corrected chi connectivity index (χ4v) is 7.15. The van der Waals surface area contributed by atoms with Crippen LogP contribution in [0.5, 0.6) is 0 Å². The fraction of sp³-hybridized carbons (Fsp3) is 0.387. The van der Waals surface area contributed by atoms with Crippen molar-refractivity contribution in [1.82, 2.24) is 4.72 Å². The van der Waals surface area contributed by atoms with Gasteiger partial charge in [0.2, 0.25) is 15.9 Å². The third kappa shape index (κ3) is 6.31. The van der Waals surface area contributed by atoms with Gasteiger partial charge in [-0.15, -0.1) is 0 Å². The lowest BCUT2D eigenvalue weighted by Gasteiger charge is -2.38. The van der Waals surface area contributed by atoms with Crippen molar-refractivity contribution in [3.05, 3.63) is 83.7 Å². The van der Waals surface area contributed by atoms with E-state index in [9.17, 15) is 17.6 Å². The molecule has 9 heteroatoms. The number of hydrogen-bond donors (Lipinski definition) is 2. The van der Waals surface area contributed by atoms with Crippen LogP contribution in [0.4, 0.5) is 21.5 Å². The predicted octanol–water partition coefficient (Wildman–Crippen LogP) is 5.64. The van der Waals surface area contributed by atoms with Gasteiger partial charge in [-0.05, 0) is 67.1 Å². The molecular formula is C31H37FN4O3S. The lowest BCUT2D eigenvalue weighted by molar-refractivity contribution is -0.116. The van der Waals surface area contributed by atoms with Gasteiger partial charge in [-0.25, -0.2) is 17.5 Å². The summed E-state index contributed by atoms with van der Waals surface area (Å²) in [6.45, 7) is 4.20. The van der Waals surface area contributed by atoms with Crippen molar-refractivity contribution >= 4 is 33.0 Å². The topological polar surface area (TPSA) is 81.8 Å². The maximum Gasteiger partial charge on any atom is 0.243 e. The molecule has 2 N–H and O–H groups in total. The Labute approximate surface area is 236 Å². The summed E-state index contributed by atoms with van der Waals surface area (Å²) in [6, 6.07) is 19.5. The molecule has 2 aliphatic rings. The van der Waals surface area contributed by atoms with E-state index >= 15 is 0 Å². The van der Waals surface area contributed by atoms with Gasteiger partial charge in [0, 0.05) is 44.3 Å². The maximum absolute atomic E-state index is 14.4. The Morgan fingerprint density at radius 1 is 0.950 bits per heavy atom. The molecule has 212 valence electrons. The molecule has 1 amide bonds. The van der Waals surface area contributed by atoms with E-state index in [1.165, 1.54) is 11.6 Å². The quantitative estimate of drug-likeness (QED) is 0.352. The molecule has 1 saturated heterocycles. The Kier molecular flexibility index (Phi) is 8.71. The Balaban J connectivity index is 1.42. The summed E-state index contributed by atoms with van der Waals surface area (Å²) >= 11 is 0. The number of hydrogen-bond acceptors (Lipinski definition) is 5. The highest BCUT2D eigenvalue weighted by Crippen LogP contribution is 2.35. The monoisotopic (exact) mass is 564 g/mol. The number of para-hydroxylation sites is 1. The summed E-state index contributed by atoms with van der Waals surface area (Å²) in [7, 11) is -3.95. The molecule has 1 fully saturated rings. The van der Waals surface area contributed by atoms with E-state index in [4.69, 9.17) is 0 Å². The van der Waals surface area contributed by atoms with Crippen LogP contribution < -0.4 is 19.8 Å². The Hall–Kier alpha value is -3.43. The number of nitrogens with zero attached hydrogens (tertiary/aromatic N) is 2. The number of benzene rings is 3. The number of aryl methyl sites for hydroxylation is 1. The second-order valence-corrected chi connectivity index (χ2v) is 12.2. The molecule has 1 heterocycles. The van der Waals surface area contributed by atoms with Gasteiger partial charge in [-0.2, -0.15) is 0 Å². The van der Waals surface area contributed by atoms with Gasteiger partial charge in [0.15, 0.2) is 0 Å². The first kappa shape index (κ1) is 28.1. The van der Waals surface area contributed by atoms with Gasteiger partial charge < -0.3 is 15.1 Å². The van der Waals surface area contributed by atoms with Crippen LogP contribution in [0.1, 0.15) is 56.2 Å². The molecule has 3 aromatic carbocycles. The summed E-state index contributed by atoms with van der Waals surface area (Å²) in [4.78, 5) is 16.6. The van der Waals surface area contributed by atoms with Crippen molar-refractivity contribution in [2.75, 3.05) is 41.3 Å². The van der Waals surface area contributed by atoms with E-state index < -0.39 is 10.0 Å². The minimum atomic E-state index is -3.95. The maximum atomic E-state index is 14.4. The minimum absolute atomic E-state index is 0.134. The molecule has 1 aliphatic carbocycles. The number of anilines is 3. The number of carbonyl (C=O) groups excluding carboxylic acids is 1. The van der Waals surface area contributed by atoms with Crippen LogP contribution in [0.3, 0.4) is 0 Å². The number of piperazine rings is 1. The first-order valence-corrected chi connectivity index (χ1v) is 15.6. The molecule has 7 nitrogen and oxygen atoms in total. The molecule has 1 aliphatic heterocycles. The van der Waals surface area contributed by atoms with E-state index in [2.05, 4.69) is 16.1 Å². The van der Waals surface area contributed by atoms with Crippen LogP contribution in [0.2, 0.25) is 0 Å². The molecule has 0 radical (unpaired) electrons. The predicted molar refractivity (Wildman–Crippen MR) is 158 cm³/mol. The first-order valence-electron chi connectivity index (χ1n) is 14.1. The standard InChI is InChI=1S/C31H37FN4O3S/c1-2-3-15-31(37)33-24-16-17-29(36-20-18-35(19-21-36)28-14-7-6-12-26(28)32)30(22-24)40(38,39)34-27-13-8-10-23-9-4-5-11-25(23)27/h4-7,9,11-12,14,16-17,22,27,34H,2-3,8,10,13,15,18-21H2,1H3,(H,33,37). The third-order valence-electron chi connectivity index (χ3n) is 7.77. The molecule has 40 heavy (non-hydrogen) atoms. The Morgan fingerprint density at radius 2 is 1.65 bits per heavy atom. The fourth-order valence-electron chi connectivity index (χ4n) is 5.65. The van der Waals surface area contributed by atoms with E-state index in [0.29, 0.717) is 49.7 Å². The third-order valence-corrected chi connectivity index (χ3v) is 9.27. The highest BCUT2D eigenvalue weighted by molar-refractivity contribution is 7.89. The van der Waals surface area contributed by atoms with E-state index in [1.807, 2.05) is 41.0 Å². The zero-order valence-corrected chi connectivity index (χ0v) is 23.7. The normalized spacial score (nSPS) is 17.4. The van der Waals surface area contributed by atoms with Gasteiger partial charge in [0.25, 0.3) is 0 Å². The SMILES string of the molecule is CCCCC(=O)Nc1ccc(N2CCN(c3ccccc3F)CC2)c(S(=O)(=O)NC2CCCc3ccccc32)c1. The highest BCUT2D eigenvalue weighted by Gasteiger charge is 2.30. The number of carbonyl (C=O) groups is 1. The zero-order valence-electron chi connectivity index (χ0n) is 22.9. The highest BCUT2D eigenvalue weighted by atomic mass is 32.2. The van der Waals surface area contributed by atoms with Gasteiger partial charge in [0.1, 0.15) is 10.7 Å². The van der Waals surface area contributed by atoms with Crippen molar-refractivity contribution in [1.29, 1.82) is 0 Å². The van der Waals surface area contributed by atoms with Crippen LogP contribution >= 0.6 is 0 Å². The lowest BCUT2D eigenvalue weighted by atomic mass is 9.88. The molecule has 0 spiro atoms. The van der Waals surface area contributed by atoms with Crippen LogP contribution in [-0.2, 0) is 21.2 Å². The number of halogens is 1. The summed E-state index contributed by atoms with van der Waals surface area (Å²) < 4.78 is 45.4. The number of sulfonamides is 1. The van der Waals surface area contributed by atoms with Crippen LogP contribution in [0.25, 0.3) is 0 Å². The molecule has 1 unspecified atom stereocenters. The average molecular weight is 565 g/mol. The van der Waals surface area contributed by atoms with Crippen LogP contribution in [-0.4, -0.2) is 40.5 Å². The van der Waals surface area contributed by atoms with Gasteiger partial charge in [-0.1, -0.05) is 49.7 Å². The molecule has 0 bridgehead atoms. The number of unbranched alkanes of at least 4 members (excludes halogenated alkanes) is 1. The van der Waals surface area contributed by atoms with Crippen molar-refractivity contribution in [2.24, 2.45) is 0 Å². The zero-order chi connectivity index (χ0) is 28.1. The molecule has 1 atom stereocenters. The van der Waals surface area contributed by atoms with Crippen LogP contribution in [0.15, 0.2) is 71.6 Å². The minimum Gasteiger partial charge on any atom is -0.367 e. The summed E-state index contributed by atoms with van der Waals surface area (Å²) in [5.41, 5.74) is 3.78. The second-order valence-electron chi connectivity index (χ2n) is 10.5. The molecule has 3 aromatic rings. The number of amides is 1. The second kappa shape index (κ2) is 12.4. The molecular weight excluding hydrogens is 527 g/mol. The van der Waals surface area contributed by atoms with Crippen LogP contribution in [0, 0.1) is 5.82 Å². The summed E-state index contributed by atoms with van der Waals surface area (Å²) in [6.07, 6.45) is 4.62. The van der Waals surface area contributed by atoms with Crippen molar-refractivity contribution in [3.63, 3.8) is 0 Å². The molecule has 0 saturated carbocycles. The smallest absolute Gasteiger partial charge is 0.243 e. The number of fused-ring (bicyclic) bond motifs is 1. The van der Waals surface area contributed by atoms with E-state index in [0.717, 1.165) is 37.7 Å². The molecule has 5 rings (SSSR count). The summed E-state index contributed by atoms with van der Waals surface area (Å²) in [5, 5.41) is 2.87. The number of rotatable bonds is 9. The Morgan fingerprint density at radius 3 is 2.40 bits per heavy atom. The largest absolute Gasteiger partial charge is 0.367 e. The summed E-state index contributed by atoms with van der Waals surface area (Å²) in [5.74, 6) is -0.398. The molecule has 0 aromatic heterocycles. The van der Waals surface area contributed by atoms with Gasteiger partial charge in [0.05, 0.1) is 11.4 Å². The Bertz CT molecular complexity index is 1450. The van der Waals surface area contributed by atoms with E-state index in [1.54, 1.807) is 30.3 Å². The van der Waals surface area contributed by atoms with Gasteiger partial charge >= 0.3 is 0 Å². The first-order chi connectivity index (χ1) is 19.4.